The highest BCUT2D eigenvalue weighted by Crippen LogP contribution is 2.25. The molecule has 2 heterocycles. The number of nitrogens with zero attached hydrogens (tertiary/aromatic N) is 2. The van der Waals surface area contributed by atoms with E-state index in [1.165, 1.54) is 0 Å². The molecule has 0 aromatic carbocycles. The van der Waals surface area contributed by atoms with Gasteiger partial charge >= 0.3 is 0 Å². The molecule has 0 unspecified atom stereocenters. The fraction of sp³-hybridized carbons (Fsp3) is 1.00. The maximum atomic E-state index is 12.2. The summed E-state index contributed by atoms with van der Waals surface area (Å²) in [5.74, 6) is 0.291. The third kappa shape index (κ3) is 3.93. The van der Waals surface area contributed by atoms with E-state index in [9.17, 15) is 8.42 Å². The molecule has 118 valence electrons. The molecule has 0 N–H and O–H groups in total. The molecule has 0 bridgehead atoms. The van der Waals surface area contributed by atoms with Crippen LogP contribution in [0.25, 0.3) is 0 Å². The molecule has 2 aliphatic rings. The van der Waals surface area contributed by atoms with Gasteiger partial charge in [-0.25, -0.2) is 8.42 Å². The summed E-state index contributed by atoms with van der Waals surface area (Å²) >= 11 is 0. The van der Waals surface area contributed by atoms with Gasteiger partial charge in [0, 0.05) is 32.7 Å². The third-order valence-electron chi connectivity index (χ3n) is 4.61. The Balaban J connectivity index is 1.83. The number of hydrogen-bond acceptors (Lipinski definition) is 5. The predicted octanol–water partition coefficient (Wildman–Crippen LogP) is 0.606. The van der Waals surface area contributed by atoms with E-state index in [1.54, 1.807) is 0 Å². The van der Waals surface area contributed by atoms with Gasteiger partial charge in [-0.1, -0.05) is 0 Å². The van der Waals surface area contributed by atoms with Crippen LogP contribution >= 0.6 is 0 Å². The van der Waals surface area contributed by atoms with Crippen molar-refractivity contribution < 1.29 is 13.2 Å². The SMILES string of the molecule is C[C@@H]1CN(CCN2CCC(C)(C)S(=O)(=O)CC2)CCO1. The minimum Gasteiger partial charge on any atom is -0.376 e. The van der Waals surface area contributed by atoms with E-state index < -0.39 is 14.6 Å². The van der Waals surface area contributed by atoms with Crippen LogP contribution in [0.5, 0.6) is 0 Å². The van der Waals surface area contributed by atoms with E-state index >= 15 is 0 Å². The minimum absolute atomic E-state index is 0.291. The van der Waals surface area contributed by atoms with Crippen molar-refractivity contribution in [2.45, 2.75) is 38.0 Å². The maximum absolute atomic E-state index is 12.2. The van der Waals surface area contributed by atoms with Gasteiger partial charge in [-0.3, -0.25) is 4.90 Å². The van der Waals surface area contributed by atoms with Gasteiger partial charge in [0.2, 0.25) is 0 Å². The topological polar surface area (TPSA) is 49.9 Å². The first kappa shape index (κ1) is 16.2. The fourth-order valence-electron chi connectivity index (χ4n) is 2.82. The lowest BCUT2D eigenvalue weighted by atomic mass is 10.1. The van der Waals surface area contributed by atoms with Gasteiger partial charge in [-0.2, -0.15) is 0 Å². The molecule has 0 radical (unpaired) electrons. The molecule has 2 aliphatic heterocycles. The van der Waals surface area contributed by atoms with Crippen LogP contribution in [0, 0.1) is 0 Å². The van der Waals surface area contributed by atoms with Gasteiger partial charge in [-0.05, 0) is 33.7 Å². The summed E-state index contributed by atoms with van der Waals surface area (Å²) in [6.45, 7) is 12.1. The Hall–Kier alpha value is -0.170. The summed E-state index contributed by atoms with van der Waals surface area (Å²) in [5, 5.41) is 0. The zero-order valence-corrected chi connectivity index (χ0v) is 13.8. The van der Waals surface area contributed by atoms with Gasteiger partial charge in [0.1, 0.15) is 0 Å². The van der Waals surface area contributed by atoms with E-state index in [0.29, 0.717) is 18.4 Å². The Labute approximate surface area is 123 Å². The third-order valence-corrected chi connectivity index (χ3v) is 7.21. The van der Waals surface area contributed by atoms with Crippen LogP contribution in [0.4, 0.5) is 0 Å². The van der Waals surface area contributed by atoms with Crippen molar-refractivity contribution in [3.8, 4) is 0 Å². The first-order valence-corrected chi connectivity index (χ1v) is 9.24. The first-order valence-electron chi connectivity index (χ1n) is 7.59. The zero-order chi connectivity index (χ0) is 14.8. The van der Waals surface area contributed by atoms with Crippen molar-refractivity contribution in [3.63, 3.8) is 0 Å². The van der Waals surface area contributed by atoms with Gasteiger partial charge in [-0.15, -0.1) is 0 Å². The largest absolute Gasteiger partial charge is 0.376 e. The monoisotopic (exact) mass is 304 g/mol. The van der Waals surface area contributed by atoms with E-state index in [2.05, 4.69) is 16.7 Å². The van der Waals surface area contributed by atoms with Gasteiger partial charge < -0.3 is 9.64 Å². The molecule has 20 heavy (non-hydrogen) atoms. The molecule has 0 amide bonds. The van der Waals surface area contributed by atoms with Crippen LogP contribution in [0.1, 0.15) is 27.2 Å². The molecule has 1 atom stereocenters. The Kier molecular flexibility index (Phi) is 5.10. The Morgan fingerprint density at radius 2 is 1.85 bits per heavy atom. The summed E-state index contributed by atoms with van der Waals surface area (Å²) in [7, 11) is -2.96. The zero-order valence-electron chi connectivity index (χ0n) is 13.0. The van der Waals surface area contributed by atoms with Crippen molar-refractivity contribution in [2.75, 3.05) is 51.6 Å². The smallest absolute Gasteiger partial charge is 0.156 e. The molecular formula is C14H28N2O3S. The number of rotatable bonds is 3. The minimum atomic E-state index is -2.96. The van der Waals surface area contributed by atoms with Crippen LogP contribution in [0.2, 0.25) is 0 Å². The van der Waals surface area contributed by atoms with Crippen LogP contribution < -0.4 is 0 Å². The Bertz CT molecular complexity index is 422. The summed E-state index contributed by atoms with van der Waals surface area (Å²) in [4.78, 5) is 4.71. The van der Waals surface area contributed by atoms with Crippen molar-refractivity contribution in [3.05, 3.63) is 0 Å². The number of ether oxygens (including phenoxy) is 1. The molecule has 2 fully saturated rings. The van der Waals surface area contributed by atoms with Crippen LogP contribution in [0.15, 0.2) is 0 Å². The summed E-state index contributed by atoms with van der Waals surface area (Å²) < 4.78 is 29.3. The van der Waals surface area contributed by atoms with Gasteiger partial charge in [0.05, 0.1) is 23.2 Å². The molecular weight excluding hydrogens is 276 g/mol. The Morgan fingerprint density at radius 1 is 1.15 bits per heavy atom. The number of sulfone groups is 1. The average Bonchev–Trinajstić information content (AvgIpc) is 2.46. The van der Waals surface area contributed by atoms with Crippen LogP contribution in [-0.4, -0.2) is 80.7 Å². The molecule has 2 saturated heterocycles. The highest BCUT2D eigenvalue weighted by atomic mass is 32.2. The lowest BCUT2D eigenvalue weighted by molar-refractivity contribution is -0.0204. The summed E-state index contributed by atoms with van der Waals surface area (Å²) in [5.41, 5.74) is 0. The van der Waals surface area contributed by atoms with Crippen LogP contribution in [-0.2, 0) is 14.6 Å². The Morgan fingerprint density at radius 3 is 2.55 bits per heavy atom. The molecule has 0 spiro atoms. The van der Waals surface area contributed by atoms with E-state index in [4.69, 9.17) is 4.74 Å². The van der Waals surface area contributed by atoms with Crippen molar-refractivity contribution in [2.24, 2.45) is 0 Å². The number of hydrogen-bond donors (Lipinski definition) is 0. The second kappa shape index (κ2) is 6.30. The van der Waals surface area contributed by atoms with Gasteiger partial charge in [0.15, 0.2) is 9.84 Å². The fourth-order valence-corrected chi connectivity index (χ4v) is 4.27. The standard InChI is InChI=1S/C14H28N2O3S/c1-13-12-16(8-10-19-13)7-6-15-5-4-14(2,3)20(17,18)11-9-15/h13H,4-12H2,1-3H3/t13-/m1/s1. The van der Waals surface area contributed by atoms with Crippen molar-refractivity contribution in [1.82, 2.24) is 9.80 Å². The average molecular weight is 304 g/mol. The summed E-state index contributed by atoms with van der Waals surface area (Å²) in [6, 6.07) is 0. The second-order valence-corrected chi connectivity index (χ2v) is 9.40. The maximum Gasteiger partial charge on any atom is 0.156 e. The van der Waals surface area contributed by atoms with Crippen molar-refractivity contribution >= 4 is 9.84 Å². The number of morpholine rings is 1. The predicted molar refractivity (Wildman–Crippen MR) is 80.8 cm³/mol. The molecule has 0 aromatic rings. The lowest BCUT2D eigenvalue weighted by Crippen LogP contribution is -2.45. The molecule has 0 aromatic heterocycles. The highest BCUT2D eigenvalue weighted by Gasteiger charge is 2.36. The van der Waals surface area contributed by atoms with Gasteiger partial charge in [0.25, 0.3) is 0 Å². The quantitative estimate of drug-likeness (QED) is 0.764. The van der Waals surface area contributed by atoms with E-state index in [-0.39, 0.29) is 0 Å². The molecule has 0 saturated carbocycles. The molecule has 2 rings (SSSR count). The lowest BCUT2D eigenvalue weighted by Gasteiger charge is -2.32. The van der Waals surface area contributed by atoms with E-state index in [1.807, 2.05) is 13.8 Å². The van der Waals surface area contributed by atoms with Crippen LogP contribution in [0.3, 0.4) is 0 Å². The molecule has 6 heteroatoms. The summed E-state index contributed by atoms with van der Waals surface area (Å²) in [6.07, 6.45) is 1.04. The first-order chi connectivity index (χ1) is 9.30. The normalized spacial score (nSPS) is 31.9. The molecule has 5 nitrogen and oxygen atoms in total. The molecule has 0 aliphatic carbocycles. The van der Waals surface area contributed by atoms with E-state index in [0.717, 1.165) is 45.8 Å². The van der Waals surface area contributed by atoms with Crippen molar-refractivity contribution in [1.29, 1.82) is 0 Å². The highest BCUT2D eigenvalue weighted by molar-refractivity contribution is 7.92. The second-order valence-electron chi connectivity index (χ2n) is 6.65.